The average Bonchev–Trinajstić information content (AvgIpc) is 2.34. The van der Waals surface area contributed by atoms with Gasteiger partial charge in [-0.3, -0.25) is 14.5 Å². The van der Waals surface area contributed by atoms with Crippen LogP contribution in [0.1, 0.15) is 13.8 Å². The van der Waals surface area contributed by atoms with Crippen molar-refractivity contribution in [3.05, 3.63) is 0 Å². The van der Waals surface area contributed by atoms with Crippen molar-refractivity contribution in [2.45, 2.75) is 26.0 Å². The molecule has 7 nitrogen and oxygen atoms in total. The lowest BCUT2D eigenvalue weighted by Crippen LogP contribution is -2.52. The molecular formula is C12H24N4O3. The molecule has 1 aliphatic heterocycles. The van der Waals surface area contributed by atoms with Gasteiger partial charge in [-0.05, 0) is 6.92 Å². The van der Waals surface area contributed by atoms with Crippen molar-refractivity contribution in [3.8, 4) is 0 Å². The van der Waals surface area contributed by atoms with Crippen LogP contribution in [0.5, 0.6) is 0 Å². The predicted octanol–water partition coefficient (Wildman–Crippen LogP) is -1.71. The highest BCUT2D eigenvalue weighted by atomic mass is 16.5. The SMILES string of the molecule is CC(=O)NCCNC(=O)CN1CCOC(C(C)N)C1. The van der Waals surface area contributed by atoms with Crippen LogP contribution < -0.4 is 16.4 Å². The summed E-state index contributed by atoms with van der Waals surface area (Å²) < 4.78 is 5.53. The fourth-order valence-electron chi connectivity index (χ4n) is 1.89. The van der Waals surface area contributed by atoms with Gasteiger partial charge < -0.3 is 21.1 Å². The van der Waals surface area contributed by atoms with Crippen LogP contribution in [-0.2, 0) is 14.3 Å². The Bertz CT molecular complexity index is 309. The van der Waals surface area contributed by atoms with E-state index < -0.39 is 0 Å². The Balaban J connectivity index is 2.19. The molecule has 0 saturated carbocycles. The van der Waals surface area contributed by atoms with E-state index in [1.54, 1.807) is 0 Å². The van der Waals surface area contributed by atoms with Gasteiger partial charge in [-0.2, -0.15) is 0 Å². The Morgan fingerprint density at radius 3 is 2.74 bits per heavy atom. The van der Waals surface area contributed by atoms with Crippen molar-refractivity contribution >= 4 is 11.8 Å². The maximum absolute atomic E-state index is 11.7. The van der Waals surface area contributed by atoms with Crippen molar-refractivity contribution in [1.29, 1.82) is 0 Å². The summed E-state index contributed by atoms with van der Waals surface area (Å²) >= 11 is 0. The summed E-state index contributed by atoms with van der Waals surface area (Å²) in [5.74, 6) is -0.141. The molecule has 1 saturated heterocycles. The first kappa shape index (κ1) is 15.9. The highest BCUT2D eigenvalue weighted by Gasteiger charge is 2.24. The third-order valence-electron chi connectivity index (χ3n) is 2.95. The maximum Gasteiger partial charge on any atom is 0.234 e. The van der Waals surface area contributed by atoms with E-state index in [4.69, 9.17) is 10.5 Å². The Hall–Kier alpha value is -1.18. The first-order valence-corrected chi connectivity index (χ1v) is 6.59. The summed E-state index contributed by atoms with van der Waals surface area (Å²) in [6.45, 7) is 6.61. The number of carbonyl (C=O) groups excluding carboxylic acids is 2. The Morgan fingerprint density at radius 2 is 2.11 bits per heavy atom. The number of rotatable bonds is 6. The standard InChI is InChI=1S/C12H24N4O3/c1-9(13)11-7-16(5-6-19-11)8-12(18)15-4-3-14-10(2)17/h9,11H,3-8,13H2,1-2H3,(H,14,17)(H,15,18). The third-order valence-corrected chi connectivity index (χ3v) is 2.95. The van der Waals surface area contributed by atoms with Gasteiger partial charge in [0.05, 0.1) is 19.3 Å². The molecule has 0 aliphatic carbocycles. The van der Waals surface area contributed by atoms with Gasteiger partial charge in [-0.15, -0.1) is 0 Å². The molecule has 2 amide bonds. The lowest BCUT2D eigenvalue weighted by atomic mass is 10.1. The number of nitrogens with zero attached hydrogens (tertiary/aromatic N) is 1. The molecule has 1 fully saturated rings. The second-order valence-corrected chi connectivity index (χ2v) is 4.84. The van der Waals surface area contributed by atoms with E-state index in [0.717, 1.165) is 6.54 Å². The van der Waals surface area contributed by atoms with Gasteiger partial charge in [0.25, 0.3) is 0 Å². The summed E-state index contributed by atoms with van der Waals surface area (Å²) in [5, 5.41) is 5.38. The second kappa shape index (κ2) is 8.08. The van der Waals surface area contributed by atoms with Crippen LogP contribution >= 0.6 is 0 Å². The number of nitrogens with two attached hydrogens (primary N) is 1. The number of ether oxygens (including phenoxy) is 1. The van der Waals surface area contributed by atoms with Gasteiger partial charge in [0.15, 0.2) is 0 Å². The smallest absolute Gasteiger partial charge is 0.234 e. The van der Waals surface area contributed by atoms with Crippen molar-refractivity contribution < 1.29 is 14.3 Å². The van der Waals surface area contributed by atoms with E-state index in [1.165, 1.54) is 6.92 Å². The number of hydrogen-bond donors (Lipinski definition) is 3. The molecule has 0 aromatic heterocycles. The van der Waals surface area contributed by atoms with Crippen molar-refractivity contribution in [2.24, 2.45) is 5.73 Å². The predicted molar refractivity (Wildman–Crippen MR) is 71.5 cm³/mol. The molecule has 0 radical (unpaired) electrons. The topological polar surface area (TPSA) is 96.7 Å². The minimum absolute atomic E-state index is 0.0130. The zero-order valence-electron chi connectivity index (χ0n) is 11.6. The second-order valence-electron chi connectivity index (χ2n) is 4.84. The highest BCUT2D eigenvalue weighted by Crippen LogP contribution is 2.07. The maximum atomic E-state index is 11.7. The van der Waals surface area contributed by atoms with E-state index >= 15 is 0 Å². The van der Waals surface area contributed by atoms with Crippen molar-refractivity contribution in [3.63, 3.8) is 0 Å². The number of nitrogens with one attached hydrogen (secondary N) is 2. The molecular weight excluding hydrogens is 248 g/mol. The van der Waals surface area contributed by atoms with E-state index in [9.17, 15) is 9.59 Å². The molecule has 0 aromatic rings. The first-order valence-electron chi connectivity index (χ1n) is 6.59. The molecule has 1 heterocycles. The van der Waals surface area contributed by atoms with Crippen LogP contribution in [0.2, 0.25) is 0 Å². The molecule has 1 rings (SSSR count). The fourth-order valence-corrected chi connectivity index (χ4v) is 1.89. The van der Waals surface area contributed by atoms with E-state index in [0.29, 0.717) is 32.8 Å². The molecule has 2 unspecified atom stereocenters. The zero-order chi connectivity index (χ0) is 14.3. The average molecular weight is 272 g/mol. The highest BCUT2D eigenvalue weighted by molar-refractivity contribution is 5.78. The summed E-state index contributed by atoms with van der Waals surface area (Å²) in [7, 11) is 0. The number of morpholine rings is 1. The third kappa shape index (κ3) is 6.51. The van der Waals surface area contributed by atoms with Crippen LogP contribution in [-0.4, -0.2) is 68.2 Å². The Kier molecular flexibility index (Phi) is 6.75. The summed E-state index contributed by atoms with van der Waals surface area (Å²) in [6, 6.07) is -0.0365. The molecule has 19 heavy (non-hydrogen) atoms. The molecule has 110 valence electrons. The van der Waals surface area contributed by atoms with Crippen LogP contribution in [0.3, 0.4) is 0 Å². The lowest BCUT2D eigenvalue weighted by Gasteiger charge is -2.34. The minimum atomic E-state index is -0.0952. The molecule has 4 N–H and O–H groups in total. The summed E-state index contributed by atoms with van der Waals surface area (Å²) in [6.07, 6.45) is -0.0130. The van der Waals surface area contributed by atoms with Gasteiger partial charge in [0, 0.05) is 39.1 Å². The van der Waals surface area contributed by atoms with Gasteiger partial charge >= 0.3 is 0 Å². The van der Waals surface area contributed by atoms with Gasteiger partial charge in [0.2, 0.25) is 11.8 Å². The number of carbonyl (C=O) groups is 2. The Labute approximate surface area is 113 Å². The summed E-state index contributed by atoms with van der Waals surface area (Å²) in [4.78, 5) is 24.4. The zero-order valence-corrected chi connectivity index (χ0v) is 11.6. The lowest BCUT2D eigenvalue weighted by molar-refractivity contribution is -0.125. The van der Waals surface area contributed by atoms with Crippen LogP contribution in [0.25, 0.3) is 0 Å². The van der Waals surface area contributed by atoms with Crippen LogP contribution in [0.15, 0.2) is 0 Å². The molecule has 0 aromatic carbocycles. The van der Waals surface area contributed by atoms with Gasteiger partial charge in [-0.25, -0.2) is 0 Å². The molecule has 0 spiro atoms. The van der Waals surface area contributed by atoms with E-state index in [2.05, 4.69) is 10.6 Å². The largest absolute Gasteiger partial charge is 0.374 e. The monoisotopic (exact) mass is 272 g/mol. The summed E-state index contributed by atoms with van der Waals surface area (Å²) in [5.41, 5.74) is 5.79. The minimum Gasteiger partial charge on any atom is -0.374 e. The van der Waals surface area contributed by atoms with Crippen molar-refractivity contribution in [1.82, 2.24) is 15.5 Å². The van der Waals surface area contributed by atoms with Crippen LogP contribution in [0.4, 0.5) is 0 Å². The quantitative estimate of drug-likeness (QED) is 0.500. The van der Waals surface area contributed by atoms with E-state index in [1.807, 2.05) is 11.8 Å². The van der Waals surface area contributed by atoms with Gasteiger partial charge in [-0.1, -0.05) is 0 Å². The van der Waals surface area contributed by atoms with Gasteiger partial charge in [0.1, 0.15) is 0 Å². The molecule has 2 atom stereocenters. The molecule has 0 bridgehead atoms. The molecule has 1 aliphatic rings. The van der Waals surface area contributed by atoms with Crippen LogP contribution in [0, 0.1) is 0 Å². The van der Waals surface area contributed by atoms with Crippen molar-refractivity contribution in [2.75, 3.05) is 39.3 Å². The first-order chi connectivity index (χ1) is 8.99. The normalized spacial score (nSPS) is 21.7. The number of hydrogen-bond acceptors (Lipinski definition) is 5. The fraction of sp³-hybridized carbons (Fsp3) is 0.833. The Morgan fingerprint density at radius 1 is 1.42 bits per heavy atom. The van der Waals surface area contributed by atoms with E-state index in [-0.39, 0.29) is 24.0 Å². The number of amides is 2. The molecule has 7 heteroatoms.